The van der Waals surface area contributed by atoms with E-state index in [9.17, 15) is 9.18 Å². The van der Waals surface area contributed by atoms with Crippen LogP contribution in [0.15, 0.2) is 11.4 Å². The highest BCUT2D eigenvalue weighted by atomic mass is 32.1. The van der Waals surface area contributed by atoms with Crippen LogP contribution in [0.4, 0.5) is 4.39 Å². The van der Waals surface area contributed by atoms with Crippen LogP contribution in [0.1, 0.15) is 5.56 Å². The quantitative estimate of drug-likeness (QED) is 0.712. The van der Waals surface area contributed by atoms with Gasteiger partial charge in [-0.1, -0.05) is 0 Å². The predicted octanol–water partition coefficient (Wildman–Crippen LogP) is 1.51. The van der Waals surface area contributed by atoms with Crippen molar-refractivity contribution in [3.8, 4) is 0 Å². The zero-order valence-electron chi connectivity index (χ0n) is 5.00. The Morgan fingerprint density at radius 3 is 2.90 bits per heavy atom. The van der Waals surface area contributed by atoms with Gasteiger partial charge in [-0.15, -0.1) is 11.3 Å². The average Bonchev–Trinajstić information content (AvgIpc) is 2.13. The summed E-state index contributed by atoms with van der Waals surface area (Å²) in [4.78, 5) is 10.1. The fraction of sp³-hybridized carbons (Fsp3) is 0.167. The second kappa shape index (κ2) is 2.79. The summed E-state index contributed by atoms with van der Waals surface area (Å²) in [5.74, 6) is -0.933. The van der Waals surface area contributed by atoms with Gasteiger partial charge in [0.1, 0.15) is 0 Å². The molecule has 0 aliphatic rings. The van der Waals surface area contributed by atoms with Crippen LogP contribution in [0.5, 0.6) is 0 Å². The summed E-state index contributed by atoms with van der Waals surface area (Å²) in [6, 6.07) is 1.23. The van der Waals surface area contributed by atoms with Crippen molar-refractivity contribution in [3.63, 3.8) is 0 Å². The van der Waals surface area contributed by atoms with Crippen LogP contribution >= 0.6 is 11.3 Å². The van der Waals surface area contributed by atoms with Crippen molar-refractivity contribution in [2.75, 3.05) is 0 Å². The summed E-state index contributed by atoms with van der Waals surface area (Å²) in [6.07, 6.45) is -0.0968. The van der Waals surface area contributed by atoms with Gasteiger partial charge >= 0.3 is 5.97 Å². The van der Waals surface area contributed by atoms with Crippen LogP contribution in [0.3, 0.4) is 0 Å². The van der Waals surface area contributed by atoms with Gasteiger partial charge in [0.2, 0.25) is 0 Å². The van der Waals surface area contributed by atoms with Crippen molar-refractivity contribution < 1.29 is 14.3 Å². The van der Waals surface area contributed by atoms with Crippen LogP contribution < -0.4 is 0 Å². The standard InChI is InChI=1S/C6H5FO2S/c7-5-1-4(3-10-5)2-6(8)9/h1,3H,2H2,(H,8,9). The summed E-state index contributed by atoms with van der Waals surface area (Å²) >= 11 is 0.916. The molecule has 0 atom stereocenters. The molecule has 1 aromatic heterocycles. The minimum atomic E-state index is -0.933. The van der Waals surface area contributed by atoms with Crippen LogP contribution in [-0.4, -0.2) is 11.1 Å². The van der Waals surface area contributed by atoms with Crippen LogP contribution in [0, 0.1) is 5.13 Å². The molecule has 1 heterocycles. The molecule has 0 radical (unpaired) electrons. The van der Waals surface area contributed by atoms with Gasteiger partial charge in [0.05, 0.1) is 6.42 Å². The maximum absolute atomic E-state index is 12.2. The predicted molar refractivity (Wildman–Crippen MR) is 35.6 cm³/mol. The van der Waals surface area contributed by atoms with Crippen molar-refractivity contribution in [1.29, 1.82) is 0 Å². The molecule has 0 spiro atoms. The first-order chi connectivity index (χ1) is 4.68. The minimum absolute atomic E-state index is 0.0968. The largest absolute Gasteiger partial charge is 0.481 e. The Morgan fingerprint density at radius 2 is 2.50 bits per heavy atom. The van der Waals surface area contributed by atoms with Crippen molar-refractivity contribution in [2.24, 2.45) is 0 Å². The smallest absolute Gasteiger partial charge is 0.307 e. The molecule has 0 aromatic carbocycles. The molecule has 0 aliphatic heterocycles. The summed E-state index contributed by atoms with van der Waals surface area (Å²) in [5.41, 5.74) is 0.523. The van der Waals surface area contributed by atoms with Gasteiger partial charge in [-0.2, -0.15) is 4.39 Å². The molecular weight excluding hydrogens is 155 g/mol. The Hall–Kier alpha value is -0.900. The molecule has 0 saturated heterocycles. The van der Waals surface area contributed by atoms with E-state index in [1.165, 1.54) is 11.4 Å². The van der Waals surface area contributed by atoms with Gasteiger partial charge in [-0.25, -0.2) is 0 Å². The summed E-state index contributed by atoms with van der Waals surface area (Å²) in [5, 5.41) is 9.42. The first-order valence-electron chi connectivity index (χ1n) is 2.63. The third kappa shape index (κ3) is 1.80. The molecule has 4 heteroatoms. The maximum Gasteiger partial charge on any atom is 0.307 e. The van der Waals surface area contributed by atoms with E-state index < -0.39 is 5.97 Å². The zero-order chi connectivity index (χ0) is 7.56. The number of hydrogen-bond acceptors (Lipinski definition) is 2. The molecule has 0 bridgehead atoms. The molecule has 1 aromatic rings. The topological polar surface area (TPSA) is 37.3 Å². The number of aliphatic carboxylic acids is 1. The lowest BCUT2D eigenvalue weighted by molar-refractivity contribution is -0.136. The third-order valence-corrected chi connectivity index (χ3v) is 1.74. The highest BCUT2D eigenvalue weighted by Crippen LogP contribution is 2.12. The van der Waals surface area contributed by atoms with Crippen LogP contribution in [0.2, 0.25) is 0 Å². The fourth-order valence-electron chi connectivity index (χ4n) is 0.613. The molecule has 0 unspecified atom stereocenters. The Kier molecular flexibility index (Phi) is 2.01. The van der Waals surface area contributed by atoms with E-state index in [1.807, 2.05) is 0 Å². The number of carboxylic acids is 1. The Bertz CT molecular complexity index is 244. The van der Waals surface area contributed by atoms with E-state index in [4.69, 9.17) is 5.11 Å². The van der Waals surface area contributed by atoms with E-state index in [2.05, 4.69) is 0 Å². The molecular formula is C6H5FO2S. The monoisotopic (exact) mass is 160 g/mol. The summed E-state index contributed by atoms with van der Waals surface area (Å²) < 4.78 is 12.2. The Balaban J connectivity index is 2.67. The summed E-state index contributed by atoms with van der Waals surface area (Å²) in [6.45, 7) is 0. The second-order valence-corrected chi connectivity index (χ2v) is 2.69. The molecule has 0 aliphatic carbocycles. The highest BCUT2D eigenvalue weighted by molar-refractivity contribution is 7.08. The lowest BCUT2D eigenvalue weighted by atomic mass is 10.2. The molecule has 0 fully saturated rings. The summed E-state index contributed by atoms with van der Waals surface area (Å²) in [7, 11) is 0. The van der Waals surface area contributed by atoms with Gasteiger partial charge in [-0.05, 0) is 17.0 Å². The van der Waals surface area contributed by atoms with Crippen molar-refractivity contribution >= 4 is 17.3 Å². The minimum Gasteiger partial charge on any atom is -0.481 e. The Morgan fingerprint density at radius 1 is 1.80 bits per heavy atom. The average molecular weight is 160 g/mol. The molecule has 10 heavy (non-hydrogen) atoms. The molecule has 0 saturated carbocycles. The third-order valence-electron chi connectivity index (χ3n) is 0.977. The normalized spacial score (nSPS) is 9.70. The highest BCUT2D eigenvalue weighted by Gasteiger charge is 2.02. The fourth-order valence-corrected chi connectivity index (χ4v) is 1.25. The number of hydrogen-bond donors (Lipinski definition) is 1. The SMILES string of the molecule is O=C(O)Cc1csc(F)c1. The molecule has 1 N–H and O–H groups in total. The van der Waals surface area contributed by atoms with Gasteiger partial charge in [0.15, 0.2) is 5.13 Å². The van der Waals surface area contributed by atoms with Gasteiger partial charge in [-0.3, -0.25) is 4.79 Å². The van der Waals surface area contributed by atoms with Crippen molar-refractivity contribution in [1.82, 2.24) is 0 Å². The second-order valence-electron chi connectivity index (χ2n) is 1.83. The van der Waals surface area contributed by atoms with E-state index in [-0.39, 0.29) is 11.6 Å². The van der Waals surface area contributed by atoms with Crippen LogP contribution in [0.25, 0.3) is 0 Å². The lowest BCUT2D eigenvalue weighted by Crippen LogP contribution is -1.97. The molecule has 54 valence electrons. The van der Waals surface area contributed by atoms with E-state index >= 15 is 0 Å². The maximum atomic E-state index is 12.2. The molecule has 0 amide bonds. The number of carbonyl (C=O) groups is 1. The van der Waals surface area contributed by atoms with E-state index in [0.717, 1.165) is 11.3 Å². The lowest BCUT2D eigenvalue weighted by Gasteiger charge is -1.85. The number of carboxylic acid groups (broad SMARTS) is 1. The van der Waals surface area contributed by atoms with E-state index in [1.54, 1.807) is 0 Å². The zero-order valence-corrected chi connectivity index (χ0v) is 5.82. The number of thiophene rings is 1. The Labute approximate surface area is 60.9 Å². The number of rotatable bonds is 2. The van der Waals surface area contributed by atoms with E-state index in [0.29, 0.717) is 5.56 Å². The van der Waals surface area contributed by atoms with Crippen molar-refractivity contribution in [3.05, 3.63) is 22.1 Å². The van der Waals surface area contributed by atoms with Gasteiger partial charge < -0.3 is 5.11 Å². The first kappa shape index (κ1) is 7.21. The molecule has 2 nitrogen and oxygen atoms in total. The van der Waals surface area contributed by atoms with Crippen LogP contribution in [-0.2, 0) is 11.2 Å². The number of halogens is 1. The van der Waals surface area contributed by atoms with Crippen molar-refractivity contribution in [2.45, 2.75) is 6.42 Å². The first-order valence-corrected chi connectivity index (χ1v) is 3.51. The van der Waals surface area contributed by atoms with Gasteiger partial charge in [0, 0.05) is 0 Å². The molecule has 1 rings (SSSR count). The van der Waals surface area contributed by atoms with Gasteiger partial charge in [0.25, 0.3) is 0 Å².